The highest BCUT2D eigenvalue weighted by Gasteiger charge is 2.63. The van der Waals surface area contributed by atoms with E-state index in [1.54, 1.807) is 0 Å². The fourth-order valence-corrected chi connectivity index (χ4v) is 15.0. The number of aliphatic hydroxyl groups is 20. The Kier molecular flexibility index (Phi) is 32.3. The van der Waals surface area contributed by atoms with E-state index in [-0.39, 0.29) is 0 Å². The molecule has 9 rings (SSSR count). The number of carboxylic acids is 4. The Morgan fingerprint density at radius 1 is 0.267 bits per heavy atom. The quantitative estimate of drug-likeness (QED) is 0.0287. The molecule has 55 nitrogen and oxygen atoms in total. The maximum Gasteiger partial charge on any atom is 0.335 e. The maximum atomic E-state index is 13.1. The first-order valence-electron chi connectivity index (χ1n) is 35.2. The van der Waals surface area contributed by atoms with Gasteiger partial charge < -0.3 is 219 Å². The number of aliphatic hydroxyl groups excluding tert-OH is 20. The van der Waals surface area contributed by atoms with Crippen LogP contribution in [0.2, 0.25) is 0 Å². The van der Waals surface area contributed by atoms with E-state index in [1.807, 2.05) is 0 Å². The van der Waals surface area contributed by atoms with Crippen LogP contribution in [-0.2, 0) is 124 Å². The molecule has 116 heavy (non-hydrogen) atoms. The van der Waals surface area contributed by atoms with Crippen molar-refractivity contribution >= 4 is 51.9 Å². The summed E-state index contributed by atoms with van der Waals surface area (Å²) in [7, 11) is -5.65. The van der Waals surface area contributed by atoms with E-state index < -0.39 is 361 Å². The molecule has 9 aliphatic rings. The maximum absolute atomic E-state index is 13.1. The smallest absolute Gasteiger partial charge is 0.335 e. The van der Waals surface area contributed by atoms with Crippen molar-refractivity contribution < 1.29 is 250 Å². The van der Waals surface area contributed by atoms with Crippen molar-refractivity contribution in [3.05, 3.63) is 0 Å². The van der Waals surface area contributed by atoms with Gasteiger partial charge in [-0.3, -0.25) is 18.9 Å². The first-order valence-corrected chi connectivity index (χ1v) is 36.7. The normalized spacial score (nSPS) is 46.9. The second kappa shape index (κ2) is 39.7. The lowest BCUT2D eigenvalue weighted by Gasteiger charge is -2.50. The lowest BCUT2D eigenvalue weighted by atomic mass is 9.93. The van der Waals surface area contributed by atoms with Crippen molar-refractivity contribution in [2.75, 3.05) is 39.6 Å². The number of carboxylic acid groups (broad SMARTS) is 4. The molecule has 56 heteroatoms. The Balaban J connectivity index is 0.868. The number of hydrogen-bond acceptors (Lipinski definition) is 46. The highest BCUT2D eigenvalue weighted by atomic mass is 32.2. The first-order chi connectivity index (χ1) is 54.4. The van der Waals surface area contributed by atoms with Gasteiger partial charge in [-0.25, -0.2) is 19.2 Å². The first kappa shape index (κ1) is 94.5. The topological polar surface area (TPSA) is 864 Å². The summed E-state index contributed by atoms with van der Waals surface area (Å²) < 4.78 is 132. The largest absolute Gasteiger partial charge is 0.479 e. The van der Waals surface area contributed by atoms with Gasteiger partial charge in [0.25, 0.3) is 0 Å². The Morgan fingerprint density at radius 2 is 0.483 bits per heavy atom. The van der Waals surface area contributed by atoms with Gasteiger partial charge in [0.05, 0.1) is 39.6 Å². The zero-order valence-electron chi connectivity index (χ0n) is 60.3. The summed E-state index contributed by atoms with van der Waals surface area (Å²) in [6, 6.07) is -8.49. The predicted molar refractivity (Wildman–Crippen MR) is 345 cm³/mol. The molecular formula is C60H94N4O51S. The molecule has 9 fully saturated rings. The van der Waals surface area contributed by atoms with Gasteiger partial charge in [0.15, 0.2) is 74.7 Å². The average molecular weight is 1720 g/mol. The molecule has 0 bridgehead atoms. The predicted octanol–water partition coefficient (Wildman–Crippen LogP) is -19.7. The fourth-order valence-electron chi connectivity index (χ4n) is 14.4. The summed E-state index contributed by atoms with van der Waals surface area (Å²) in [5.41, 5.74) is 0. The molecule has 9 heterocycles. The van der Waals surface area contributed by atoms with Crippen LogP contribution in [0.15, 0.2) is 0 Å². The second-order valence-electron chi connectivity index (χ2n) is 28.0. The highest BCUT2D eigenvalue weighted by molar-refractivity contribution is 7.83. The molecule has 0 aromatic carbocycles. The zero-order chi connectivity index (χ0) is 86.0. The Labute approximate surface area is 650 Å². The summed E-state index contributed by atoms with van der Waals surface area (Å²) in [5, 5.41) is 268. The van der Waals surface area contributed by atoms with Crippen LogP contribution in [0.25, 0.3) is 0 Å². The molecule has 9 saturated heterocycles. The molecule has 666 valence electrons. The van der Waals surface area contributed by atoms with Crippen LogP contribution in [0, 0.1) is 0 Å². The summed E-state index contributed by atoms with van der Waals surface area (Å²) in [6.07, 6.45) is -91.0. The Hall–Kier alpha value is -5.32. The van der Waals surface area contributed by atoms with E-state index in [9.17, 15) is 169 Å². The molecule has 9 aliphatic heterocycles. The average Bonchev–Trinajstić information content (AvgIpc) is 0.793. The van der Waals surface area contributed by atoms with E-state index in [4.69, 9.17) is 80.5 Å². The number of aliphatic carboxylic acids is 4. The van der Waals surface area contributed by atoms with E-state index >= 15 is 0 Å². The van der Waals surface area contributed by atoms with Gasteiger partial charge in [-0.05, 0) is 0 Å². The minimum Gasteiger partial charge on any atom is -0.479 e. The monoisotopic (exact) mass is 1720 g/mol. The fraction of sp³-hybridized carbons (Fsp3) is 0.883. The van der Waals surface area contributed by atoms with Crippen LogP contribution in [0.5, 0.6) is 0 Å². The van der Waals surface area contributed by atoms with Crippen LogP contribution in [0.4, 0.5) is 0 Å². The lowest BCUT2D eigenvalue weighted by Crippen LogP contribution is -2.71. The van der Waals surface area contributed by atoms with Crippen molar-refractivity contribution in [2.45, 2.75) is 291 Å². The molecule has 0 saturated carbocycles. The number of nitrogens with one attached hydrogen (secondary N) is 4. The van der Waals surface area contributed by atoms with Gasteiger partial charge in [-0.1, -0.05) is 0 Å². The molecule has 44 atom stereocenters. The summed E-state index contributed by atoms with van der Waals surface area (Å²) in [6.45, 7) is -3.97. The van der Waals surface area contributed by atoms with Crippen molar-refractivity contribution in [1.82, 2.24) is 20.7 Å². The lowest BCUT2D eigenvalue weighted by molar-refractivity contribution is -0.382. The van der Waals surface area contributed by atoms with Gasteiger partial charge in [0, 0.05) is 20.8 Å². The standard InChI is InChI=1S/C60H94N4O51S/c1-10(71)61-19-25(76)23(74)13(4-65)100-53(19)108-41-30(81)35(86)60(114-45(41)49(88)89)107-40-18(9-70)103-56(22(28(40)79)64-116(96,97)98)111-44-32(83)36(87)59(115-48(44)52(94)95)106-39-17(8-69)102-55(21(27(39)78)63-12(3)73)110-43-31(82)34(85)58(113-47(43)51(92)93)105-38-16(7-68)101-54(20(26(38)77)62-11(2)72)109-42-29(80)33(84)57(112-46(42)50(90)91)104-37-15(6-67)99-14(5-66)24(37)75/h13-48,53-60,64-70,74-87H,4-9H2,1-3H3,(H,61,71)(H,62,72)(H,63,73)(H,88,89)(H,90,91)(H,92,93)(H,94,95)(H,96,97,98)/t13-,14-,15-,16-,17-,18-,19-,20-,21-,22-,23-,24-,25-,26-,27-,28-,29-,30-,31-,32-,33-,34-,35-,36-,37-,38-,39-,40-,41+,42+,43+,44+,45+,46+,47+,48+,53-,54-,55-,56-,57-,58-,59-,60-/m1/s1. The van der Waals surface area contributed by atoms with E-state index in [0.29, 0.717) is 0 Å². The third-order valence-corrected chi connectivity index (χ3v) is 20.7. The van der Waals surface area contributed by atoms with Crippen molar-refractivity contribution in [3.63, 3.8) is 0 Å². The third kappa shape index (κ3) is 20.5. The van der Waals surface area contributed by atoms with Crippen LogP contribution < -0.4 is 20.7 Å². The molecule has 0 aromatic rings. The summed E-state index contributed by atoms with van der Waals surface area (Å²) >= 11 is 0. The van der Waals surface area contributed by atoms with Gasteiger partial charge in [0.1, 0.15) is 195 Å². The van der Waals surface area contributed by atoms with E-state index in [0.717, 1.165) is 20.8 Å². The molecule has 3 amide bonds. The number of ether oxygens (including phenoxy) is 17. The SMILES string of the molecule is CC(=O)N[C@H]1[C@@H](O[C@H]2[C@H](O)[C@@H](O)[C@H](O[C@H]3[C@H](O)[C@@H](NC(C)=O)[C@@H](O[C@H]4[C@H](O)[C@@H](O)[C@H](O[C@H]5[C@H](O)[C@@H](CO)O[C@@H]5CO)O[C@@H]4C(=O)O)O[C@@H]3CO)O[C@@H]2C(=O)O)O[C@H](CO)[C@@H](O[C@@H]2O[C@H](C(=O)O)[C@@H](O[C@H]3O[C@H](CO)[C@@H](O[C@@H]4O[C@H](C(=O)O)[C@@H](O[C@H]5O[C@H](CO)[C@@H](O)[C@H](O)[C@H]5NC(C)=O)[C@H](O)[C@H]4O)[C@H](O)[C@H]3NS(=O)(=O)O)[C@H](O)[C@H]2O)[C@@H]1O. The minimum atomic E-state index is -5.65. The number of carbonyl (C=O) groups excluding carboxylic acids is 3. The van der Waals surface area contributed by atoms with Gasteiger partial charge in [-0.2, -0.15) is 13.1 Å². The number of hydrogen-bond donors (Lipinski definition) is 29. The number of carbonyl (C=O) groups is 7. The van der Waals surface area contributed by atoms with Crippen LogP contribution in [-0.4, -0.2) is 487 Å². The van der Waals surface area contributed by atoms with Crippen LogP contribution >= 0.6 is 0 Å². The van der Waals surface area contributed by atoms with E-state index in [1.165, 1.54) is 4.72 Å². The minimum absolute atomic E-state index is 0.788. The van der Waals surface area contributed by atoms with Crippen molar-refractivity contribution in [3.8, 4) is 0 Å². The molecule has 29 N–H and O–H groups in total. The van der Waals surface area contributed by atoms with Crippen molar-refractivity contribution in [1.29, 1.82) is 0 Å². The van der Waals surface area contributed by atoms with Gasteiger partial charge in [-0.15, -0.1) is 0 Å². The molecule has 0 aromatic heterocycles. The van der Waals surface area contributed by atoms with Crippen LogP contribution in [0.3, 0.4) is 0 Å². The number of rotatable bonds is 31. The third-order valence-electron chi connectivity index (χ3n) is 20.1. The molecular weight excluding hydrogens is 1620 g/mol. The Morgan fingerprint density at radius 3 is 0.733 bits per heavy atom. The summed E-state index contributed by atoms with van der Waals surface area (Å²) in [4.78, 5) is 89.1. The molecule has 0 radical (unpaired) electrons. The van der Waals surface area contributed by atoms with Gasteiger partial charge >= 0.3 is 34.2 Å². The second-order valence-corrected chi connectivity index (χ2v) is 29.2. The Bertz CT molecular complexity index is 3440. The zero-order valence-corrected chi connectivity index (χ0v) is 61.2. The summed E-state index contributed by atoms with van der Waals surface area (Å²) in [5.74, 6) is -11.2. The highest BCUT2D eigenvalue weighted by Crippen LogP contribution is 2.40. The number of amides is 3. The molecule has 0 spiro atoms. The van der Waals surface area contributed by atoms with Crippen LogP contribution in [0.1, 0.15) is 20.8 Å². The van der Waals surface area contributed by atoms with E-state index in [2.05, 4.69) is 16.0 Å². The van der Waals surface area contributed by atoms with Crippen molar-refractivity contribution in [2.24, 2.45) is 0 Å². The van der Waals surface area contributed by atoms with Gasteiger partial charge in [0.2, 0.25) is 17.7 Å². The molecule has 0 aliphatic carbocycles. The molecule has 0 unspecified atom stereocenters.